The summed E-state index contributed by atoms with van der Waals surface area (Å²) in [4.78, 5) is 28.0. The molecule has 25 heavy (non-hydrogen) atoms. The molecule has 8 heteroatoms. The summed E-state index contributed by atoms with van der Waals surface area (Å²) in [6.07, 6.45) is 3.64. The fourth-order valence-corrected chi connectivity index (χ4v) is 2.84. The van der Waals surface area contributed by atoms with E-state index in [4.69, 9.17) is 5.73 Å². The topological polar surface area (TPSA) is 84.5 Å². The molecule has 0 aliphatic carbocycles. The minimum atomic E-state index is -0.356. The average molecular weight is 364 g/mol. The average Bonchev–Trinajstić information content (AvgIpc) is 3.01. The maximum absolute atomic E-state index is 12.4. The number of halogens is 1. The van der Waals surface area contributed by atoms with Crippen molar-refractivity contribution in [2.45, 2.75) is 12.5 Å². The summed E-state index contributed by atoms with van der Waals surface area (Å²) in [5, 5.41) is 4.08. The van der Waals surface area contributed by atoms with Crippen LogP contribution in [0.3, 0.4) is 0 Å². The second kappa shape index (κ2) is 8.13. The van der Waals surface area contributed by atoms with Gasteiger partial charge in [0.15, 0.2) is 0 Å². The Balaban J connectivity index is 0.00000225. The summed E-state index contributed by atoms with van der Waals surface area (Å²) in [6.45, 7) is 1.05. The van der Waals surface area contributed by atoms with E-state index < -0.39 is 0 Å². The van der Waals surface area contributed by atoms with Crippen LogP contribution in [0.2, 0.25) is 0 Å². The zero-order valence-electron chi connectivity index (χ0n) is 14.0. The Morgan fingerprint density at radius 3 is 2.60 bits per heavy atom. The minimum Gasteiger partial charge on any atom is -0.332 e. The first kappa shape index (κ1) is 19.0. The first-order valence-electron chi connectivity index (χ1n) is 7.92. The molecular formula is C17H22ClN5O2. The maximum Gasteiger partial charge on any atom is 0.246 e. The fraction of sp³-hybridized carbons (Fsp3) is 0.353. The molecule has 1 aromatic carbocycles. The van der Waals surface area contributed by atoms with Gasteiger partial charge in [-0.2, -0.15) is 5.10 Å². The van der Waals surface area contributed by atoms with Crippen LogP contribution in [0, 0.1) is 0 Å². The highest BCUT2D eigenvalue weighted by molar-refractivity contribution is 5.97. The quantitative estimate of drug-likeness (QED) is 0.881. The Morgan fingerprint density at radius 1 is 1.28 bits per heavy atom. The molecule has 2 amide bonds. The van der Waals surface area contributed by atoms with Crippen molar-refractivity contribution in [3.63, 3.8) is 0 Å². The van der Waals surface area contributed by atoms with Crippen LogP contribution in [0.4, 0.5) is 5.69 Å². The van der Waals surface area contributed by atoms with Gasteiger partial charge in [0.2, 0.25) is 11.8 Å². The molecule has 134 valence electrons. The third-order valence-electron chi connectivity index (χ3n) is 4.20. The molecule has 1 unspecified atom stereocenters. The molecule has 1 aliphatic rings. The van der Waals surface area contributed by atoms with E-state index in [0.29, 0.717) is 13.1 Å². The number of hydrogen-bond donors (Lipinski definition) is 1. The molecule has 0 bridgehead atoms. The summed E-state index contributed by atoms with van der Waals surface area (Å²) in [5.41, 5.74) is 7.79. The van der Waals surface area contributed by atoms with Gasteiger partial charge >= 0.3 is 0 Å². The molecule has 1 aliphatic heterocycles. The Kier molecular flexibility index (Phi) is 6.17. The number of aromatic nitrogens is 2. The van der Waals surface area contributed by atoms with Crippen LogP contribution < -0.4 is 10.6 Å². The fourth-order valence-electron chi connectivity index (χ4n) is 2.84. The van der Waals surface area contributed by atoms with E-state index in [1.165, 1.54) is 0 Å². The van der Waals surface area contributed by atoms with Gasteiger partial charge in [0.05, 0.1) is 11.9 Å². The van der Waals surface area contributed by atoms with E-state index in [9.17, 15) is 9.59 Å². The van der Waals surface area contributed by atoms with Gasteiger partial charge in [-0.1, -0.05) is 30.3 Å². The number of piperazine rings is 1. The van der Waals surface area contributed by atoms with Gasteiger partial charge in [-0.25, -0.2) is 0 Å². The van der Waals surface area contributed by atoms with Crippen LogP contribution >= 0.6 is 12.4 Å². The lowest BCUT2D eigenvalue weighted by atomic mass is 10.0. The van der Waals surface area contributed by atoms with Crippen LogP contribution in [0.1, 0.15) is 18.0 Å². The molecule has 2 heterocycles. The van der Waals surface area contributed by atoms with Crippen molar-refractivity contribution in [3.05, 3.63) is 48.3 Å². The summed E-state index contributed by atoms with van der Waals surface area (Å²) in [7, 11) is 1.80. The van der Waals surface area contributed by atoms with Crippen LogP contribution in [0.25, 0.3) is 0 Å². The first-order chi connectivity index (χ1) is 11.5. The predicted octanol–water partition coefficient (Wildman–Crippen LogP) is 1.11. The molecule has 1 atom stereocenters. The number of anilines is 1. The number of carbonyl (C=O) groups excluding carboxylic acids is 2. The number of nitrogens with zero attached hydrogens (tertiary/aromatic N) is 4. The molecule has 0 spiro atoms. The number of aryl methyl sites for hydroxylation is 1. The predicted molar refractivity (Wildman–Crippen MR) is 97.4 cm³/mol. The normalized spacial score (nSPS) is 15.7. The molecule has 2 N–H and O–H groups in total. The molecule has 2 aromatic rings. The highest BCUT2D eigenvalue weighted by atomic mass is 35.5. The molecule has 3 rings (SSSR count). The summed E-state index contributed by atoms with van der Waals surface area (Å²) < 4.78 is 1.65. The highest BCUT2D eigenvalue weighted by Gasteiger charge is 2.29. The molecule has 1 saturated heterocycles. The number of benzene rings is 1. The standard InChI is InChI=1S/C17H21N5O2.ClH/c1-20-11-14(10-19-20)22-8-7-21(12-17(22)24)16(23)9-15(18)13-5-3-2-4-6-13;/h2-6,10-11,15H,7-9,12,18H2,1H3;1H. The smallest absolute Gasteiger partial charge is 0.246 e. The van der Waals surface area contributed by atoms with Gasteiger partial charge in [-0.15, -0.1) is 12.4 Å². The van der Waals surface area contributed by atoms with Gasteiger partial charge in [0.1, 0.15) is 6.54 Å². The Labute approximate surface area is 152 Å². The monoisotopic (exact) mass is 363 g/mol. The molecular weight excluding hydrogens is 342 g/mol. The van der Waals surface area contributed by atoms with Crippen LogP contribution in [0.15, 0.2) is 42.7 Å². The van der Waals surface area contributed by atoms with Crippen molar-refractivity contribution < 1.29 is 9.59 Å². The maximum atomic E-state index is 12.4. The zero-order chi connectivity index (χ0) is 17.1. The first-order valence-corrected chi connectivity index (χ1v) is 7.92. The number of rotatable bonds is 4. The van der Waals surface area contributed by atoms with Crippen molar-refractivity contribution >= 4 is 29.9 Å². The summed E-state index contributed by atoms with van der Waals surface area (Å²) in [5.74, 6) is -0.193. The number of carbonyl (C=O) groups is 2. The van der Waals surface area contributed by atoms with Gasteiger partial charge in [0, 0.05) is 38.8 Å². The molecule has 0 saturated carbocycles. The van der Waals surface area contributed by atoms with Crippen molar-refractivity contribution in [2.24, 2.45) is 12.8 Å². The SMILES string of the molecule is Cl.Cn1cc(N2CCN(C(=O)CC(N)c3ccccc3)CC2=O)cn1. The van der Waals surface area contributed by atoms with Crippen molar-refractivity contribution in [3.8, 4) is 0 Å². The van der Waals surface area contributed by atoms with Crippen LogP contribution in [0.5, 0.6) is 0 Å². The number of hydrogen-bond acceptors (Lipinski definition) is 4. The summed E-state index contributed by atoms with van der Waals surface area (Å²) in [6, 6.07) is 9.16. The van der Waals surface area contributed by atoms with E-state index in [2.05, 4.69) is 5.10 Å². The van der Waals surface area contributed by atoms with Gasteiger partial charge < -0.3 is 15.5 Å². The lowest BCUT2D eigenvalue weighted by Gasteiger charge is -2.34. The highest BCUT2D eigenvalue weighted by Crippen LogP contribution is 2.19. The lowest BCUT2D eigenvalue weighted by Crippen LogP contribution is -2.52. The lowest BCUT2D eigenvalue weighted by molar-refractivity contribution is -0.137. The number of amides is 2. The van der Waals surface area contributed by atoms with E-state index in [1.807, 2.05) is 30.3 Å². The van der Waals surface area contributed by atoms with Crippen molar-refractivity contribution in [1.29, 1.82) is 0 Å². The van der Waals surface area contributed by atoms with Crippen molar-refractivity contribution in [2.75, 3.05) is 24.5 Å². The van der Waals surface area contributed by atoms with Crippen LogP contribution in [-0.4, -0.2) is 46.1 Å². The molecule has 7 nitrogen and oxygen atoms in total. The van der Waals surface area contributed by atoms with E-state index in [-0.39, 0.29) is 43.2 Å². The van der Waals surface area contributed by atoms with E-state index in [0.717, 1.165) is 11.3 Å². The van der Waals surface area contributed by atoms with Crippen LogP contribution in [-0.2, 0) is 16.6 Å². The third-order valence-corrected chi connectivity index (χ3v) is 4.20. The van der Waals surface area contributed by atoms with E-state index in [1.54, 1.807) is 33.9 Å². The Hall–Kier alpha value is -2.38. The van der Waals surface area contributed by atoms with Gasteiger partial charge in [0.25, 0.3) is 0 Å². The van der Waals surface area contributed by atoms with Crippen molar-refractivity contribution in [1.82, 2.24) is 14.7 Å². The molecule has 0 radical (unpaired) electrons. The number of nitrogens with two attached hydrogens (primary N) is 1. The third kappa shape index (κ3) is 4.37. The molecule has 1 aromatic heterocycles. The zero-order valence-corrected chi connectivity index (χ0v) is 14.9. The second-order valence-corrected chi connectivity index (χ2v) is 5.95. The summed E-state index contributed by atoms with van der Waals surface area (Å²) >= 11 is 0. The van der Waals surface area contributed by atoms with Gasteiger partial charge in [-0.05, 0) is 5.56 Å². The Bertz CT molecular complexity index is 734. The minimum absolute atomic E-state index is 0. The van der Waals surface area contributed by atoms with E-state index >= 15 is 0 Å². The Morgan fingerprint density at radius 2 is 2.00 bits per heavy atom. The molecule has 1 fully saturated rings. The second-order valence-electron chi connectivity index (χ2n) is 5.95. The largest absolute Gasteiger partial charge is 0.332 e. The van der Waals surface area contributed by atoms with Gasteiger partial charge in [-0.3, -0.25) is 14.3 Å².